The molecule has 1 aromatic rings. The predicted octanol–water partition coefficient (Wildman–Crippen LogP) is 0.695. The van der Waals surface area contributed by atoms with Gasteiger partial charge in [-0.3, -0.25) is 9.59 Å². The smallest absolute Gasteiger partial charge is 0.241 e. The topological polar surface area (TPSA) is 73.2 Å². The first-order chi connectivity index (χ1) is 9.06. The largest absolute Gasteiger partial charge is 0.347 e. The number of nitriles is 1. The molecule has 1 rings (SSSR count). The zero-order chi connectivity index (χ0) is 14.3. The summed E-state index contributed by atoms with van der Waals surface area (Å²) in [6.45, 7) is 2.50. The lowest BCUT2D eigenvalue weighted by atomic mass is 10.1. The van der Waals surface area contributed by atoms with Gasteiger partial charge in [0.15, 0.2) is 0 Å². The molecular formula is C14H17N3O2. The molecule has 0 aliphatic rings. The number of hydrogen-bond donors (Lipinski definition) is 1. The van der Waals surface area contributed by atoms with Crippen LogP contribution in [0.25, 0.3) is 0 Å². The third-order valence-corrected chi connectivity index (χ3v) is 2.78. The van der Waals surface area contributed by atoms with Crippen LogP contribution >= 0.6 is 0 Å². The first kappa shape index (κ1) is 14.7. The second-order valence-corrected chi connectivity index (χ2v) is 4.17. The standard InChI is InChI=1S/C14H17N3O2/c1-3-17(2)14(19)10-16-13(18)8-11-4-6-12(9-15)7-5-11/h4-7H,3,8,10H2,1-2H3,(H,16,18). The van der Waals surface area contributed by atoms with Gasteiger partial charge in [0, 0.05) is 13.6 Å². The number of likely N-dealkylation sites (N-methyl/N-ethyl adjacent to an activating group) is 1. The van der Waals surface area contributed by atoms with Crippen LogP contribution in [-0.2, 0) is 16.0 Å². The monoisotopic (exact) mass is 259 g/mol. The van der Waals surface area contributed by atoms with Crippen LogP contribution in [0.15, 0.2) is 24.3 Å². The molecule has 0 fully saturated rings. The Bertz CT molecular complexity index is 488. The van der Waals surface area contributed by atoms with E-state index >= 15 is 0 Å². The van der Waals surface area contributed by atoms with E-state index in [0.29, 0.717) is 12.1 Å². The molecular weight excluding hydrogens is 242 g/mol. The van der Waals surface area contributed by atoms with Crippen molar-refractivity contribution in [2.75, 3.05) is 20.1 Å². The molecule has 0 heterocycles. The van der Waals surface area contributed by atoms with Gasteiger partial charge in [-0.05, 0) is 24.6 Å². The summed E-state index contributed by atoms with van der Waals surface area (Å²) >= 11 is 0. The molecule has 5 nitrogen and oxygen atoms in total. The Morgan fingerprint density at radius 3 is 2.47 bits per heavy atom. The third kappa shape index (κ3) is 4.80. The molecule has 1 N–H and O–H groups in total. The van der Waals surface area contributed by atoms with Gasteiger partial charge in [-0.25, -0.2) is 0 Å². The summed E-state index contributed by atoms with van der Waals surface area (Å²) in [4.78, 5) is 24.7. The lowest BCUT2D eigenvalue weighted by molar-refractivity contribution is -0.131. The molecule has 100 valence electrons. The molecule has 0 saturated carbocycles. The second-order valence-electron chi connectivity index (χ2n) is 4.17. The summed E-state index contributed by atoms with van der Waals surface area (Å²) < 4.78 is 0. The lowest BCUT2D eigenvalue weighted by Crippen LogP contribution is -2.38. The summed E-state index contributed by atoms with van der Waals surface area (Å²) in [5.41, 5.74) is 1.37. The molecule has 2 amide bonds. The minimum atomic E-state index is -0.206. The Morgan fingerprint density at radius 2 is 1.95 bits per heavy atom. The zero-order valence-corrected chi connectivity index (χ0v) is 11.1. The highest BCUT2D eigenvalue weighted by atomic mass is 16.2. The highest BCUT2D eigenvalue weighted by molar-refractivity contribution is 5.85. The molecule has 19 heavy (non-hydrogen) atoms. The molecule has 0 spiro atoms. The van der Waals surface area contributed by atoms with E-state index in [1.807, 2.05) is 13.0 Å². The number of nitrogens with zero attached hydrogens (tertiary/aromatic N) is 2. The Kier molecular flexibility index (Phi) is 5.55. The fourth-order valence-corrected chi connectivity index (χ4v) is 1.43. The summed E-state index contributed by atoms with van der Waals surface area (Å²) in [5.74, 6) is -0.321. The van der Waals surface area contributed by atoms with Gasteiger partial charge in [-0.15, -0.1) is 0 Å². The molecule has 0 bridgehead atoms. The molecule has 0 atom stereocenters. The Hall–Kier alpha value is -2.35. The SMILES string of the molecule is CCN(C)C(=O)CNC(=O)Cc1ccc(C#N)cc1. The molecule has 0 saturated heterocycles. The fraction of sp³-hybridized carbons (Fsp3) is 0.357. The number of carbonyl (C=O) groups excluding carboxylic acids is 2. The Balaban J connectivity index is 2.43. The molecule has 0 aliphatic heterocycles. The average molecular weight is 259 g/mol. The zero-order valence-electron chi connectivity index (χ0n) is 11.1. The van der Waals surface area contributed by atoms with Gasteiger partial charge in [-0.1, -0.05) is 12.1 Å². The van der Waals surface area contributed by atoms with Crippen LogP contribution in [0.3, 0.4) is 0 Å². The van der Waals surface area contributed by atoms with Gasteiger partial charge in [0.1, 0.15) is 0 Å². The van der Waals surface area contributed by atoms with Crippen molar-refractivity contribution in [2.45, 2.75) is 13.3 Å². The summed E-state index contributed by atoms with van der Waals surface area (Å²) in [6.07, 6.45) is 0.203. The minimum Gasteiger partial charge on any atom is -0.347 e. The summed E-state index contributed by atoms with van der Waals surface area (Å²) in [6, 6.07) is 8.81. The van der Waals surface area contributed by atoms with Gasteiger partial charge >= 0.3 is 0 Å². The van der Waals surface area contributed by atoms with Crippen molar-refractivity contribution in [3.05, 3.63) is 35.4 Å². The highest BCUT2D eigenvalue weighted by Gasteiger charge is 2.09. The number of amides is 2. The van der Waals surface area contributed by atoms with Crippen LogP contribution in [-0.4, -0.2) is 36.9 Å². The quantitative estimate of drug-likeness (QED) is 0.845. The first-order valence-corrected chi connectivity index (χ1v) is 6.06. The van der Waals surface area contributed by atoms with Crippen LogP contribution < -0.4 is 5.32 Å². The van der Waals surface area contributed by atoms with Crippen molar-refractivity contribution in [3.8, 4) is 6.07 Å². The molecule has 0 aliphatic carbocycles. The summed E-state index contributed by atoms with van der Waals surface area (Å²) in [5, 5.41) is 11.2. The van der Waals surface area contributed by atoms with E-state index in [4.69, 9.17) is 5.26 Å². The maximum Gasteiger partial charge on any atom is 0.241 e. The maximum absolute atomic E-state index is 11.6. The maximum atomic E-state index is 11.6. The third-order valence-electron chi connectivity index (χ3n) is 2.78. The molecule has 5 heteroatoms. The van der Waals surface area contributed by atoms with E-state index < -0.39 is 0 Å². The van der Waals surface area contributed by atoms with Crippen molar-refractivity contribution in [1.82, 2.24) is 10.2 Å². The fourth-order valence-electron chi connectivity index (χ4n) is 1.43. The van der Waals surface area contributed by atoms with Crippen LogP contribution in [0.5, 0.6) is 0 Å². The molecule has 0 unspecified atom stereocenters. The van der Waals surface area contributed by atoms with Gasteiger partial charge < -0.3 is 10.2 Å². The highest BCUT2D eigenvalue weighted by Crippen LogP contribution is 2.03. The second kappa shape index (κ2) is 7.17. The van der Waals surface area contributed by atoms with E-state index in [1.54, 1.807) is 36.2 Å². The number of hydrogen-bond acceptors (Lipinski definition) is 3. The number of nitrogens with one attached hydrogen (secondary N) is 1. The molecule has 1 aromatic carbocycles. The van der Waals surface area contributed by atoms with E-state index in [0.717, 1.165) is 5.56 Å². The van der Waals surface area contributed by atoms with Crippen molar-refractivity contribution in [1.29, 1.82) is 5.26 Å². The van der Waals surface area contributed by atoms with Crippen LogP contribution in [0.4, 0.5) is 0 Å². The van der Waals surface area contributed by atoms with Crippen molar-refractivity contribution in [2.24, 2.45) is 0 Å². The van der Waals surface area contributed by atoms with Gasteiger partial charge in [0.05, 0.1) is 24.6 Å². The Morgan fingerprint density at radius 1 is 1.32 bits per heavy atom. The van der Waals surface area contributed by atoms with Crippen molar-refractivity contribution < 1.29 is 9.59 Å². The predicted molar refractivity (Wildman–Crippen MR) is 71.2 cm³/mol. The van der Waals surface area contributed by atoms with Crippen LogP contribution in [0.2, 0.25) is 0 Å². The molecule has 0 radical (unpaired) electrons. The number of benzene rings is 1. The number of rotatable bonds is 5. The van der Waals surface area contributed by atoms with Gasteiger partial charge in [-0.2, -0.15) is 5.26 Å². The number of carbonyl (C=O) groups is 2. The first-order valence-electron chi connectivity index (χ1n) is 6.06. The van der Waals surface area contributed by atoms with Gasteiger partial charge in [0.25, 0.3) is 0 Å². The van der Waals surface area contributed by atoms with Crippen molar-refractivity contribution in [3.63, 3.8) is 0 Å². The van der Waals surface area contributed by atoms with Gasteiger partial charge in [0.2, 0.25) is 11.8 Å². The molecule has 0 aromatic heterocycles. The van der Waals surface area contributed by atoms with Crippen LogP contribution in [0.1, 0.15) is 18.1 Å². The van der Waals surface area contributed by atoms with Crippen molar-refractivity contribution >= 4 is 11.8 Å². The minimum absolute atomic E-state index is 0.0133. The van der Waals surface area contributed by atoms with E-state index in [2.05, 4.69) is 5.32 Å². The average Bonchev–Trinajstić information content (AvgIpc) is 2.44. The lowest BCUT2D eigenvalue weighted by Gasteiger charge is -2.14. The van der Waals surface area contributed by atoms with E-state index in [1.165, 1.54) is 0 Å². The van der Waals surface area contributed by atoms with Crippen LogP contribution in [0, 0.1) is 11.3 Å². The normalized spacial score (nSPS) is 9.53. The van der Waals surface area contributed by atoms with E-state index in [9.17, 15) is 9.59 Å². The Labute approximate surface area is 112 Å². The van der Waals surface area contributed by atoms with E-state index in [-0.39, 0.29) is 24.8 Å². The summed E-state index contributed by atoms with van der Waals surface area (Å²) in [7, 11) is 1.69.